The number of rotatable bonds is 2. The van der Waals surface area contributed by atoms with E-state index in [-0.39, 0.29) is 0 Å². The Hall–Kier alpha value is -1.06. The maximum Gasteiger partial charge on any atom is 0.165 e. The summed E-state index contributed by atoms with van der Waals surface area (Å²) in [5.41, 5.74) is -1.06. The van der Waals surface area contributed by atoms with Crippen LogP contribution < -0.4 is 0 Å². The molecule has 0 amide bonds. The fraction of sp³-hybridized carbons (Fsp3) is 0.500. The van der Waals surface area contributed by atoms with Crippen molar-refractivity contribution in [1.82, 2.24) is 0 Å². The van der Waals surface area contributed by atoms with E-state index in [0.29, 0.717) is 0 Å². The Morgan fingerprint density at radius 2 is 0.750 bits per heavy atom. The predicted octanol–water partition coefficient (Wildman–Crippen LogP) is 4.49. The summed E-state index contributed by atoms with van der Waals surface area (Å²) >= 11 is 0. The summed E-state index contributed by atoms with van der Waals surface area (Å²) in [5.74, 6) is -6.33. The molecule has 0 bridgehead atoms. The molecule has 0 saturated heterocycles. The summed E-state index contributed by atoms with van der Waals surface area (Å²) in [7, 11) is 0. The molecule has 0 aliphatic heterocycles. The van der Waals surface area contributed by atoms with Gasteiger partial charge in [-0.25, -0.2) is 17.6 Å². The van der Waals surface area contributed by atoms with E-state index in [1.54, 1.807) is 0 Å². The van der Waals surface area contributed by atoms with E-state index in [1.807, 2.05) is 0 Å². The first-order valence-electron chi connectivity index (χ1n) is 5.14. The minimum atomic E-state index is -1.28. The van der Waals surface area contributed by atoms with E-state index in [1.165, 1.54) is 27.7 Å². The molecule has 0 aromatic heterocycles. The smallest absolute Gasteiger partial charge is 0.165 e. The Morgan fingerprint density at radius 1 is 0.562 bits per heavy atom. The molecule has 16 heavy (non-hydrogen) atoms. The number of hydrogen-bond donors (Lipinski definition) is 0. The highest BCUT2D eigenvalue weighted by Gasteiger charge is 2.27. The molecule has 0 aliphatic carbocycles. The molecule has 0 aliphatic rings. The third kappa shape index (κ3) is 1.93. The highest BCUT2D eigenvalue weighted by Crippen LogP contribution is 2.32. The first kappa shape index (κ1) is 13.0. The Kier molecular flexibility index (Phi) is 3.61. The van der Waals surface area contributed by atoms with Crippen molar-refractivity contribution >= 4 is 0 Å². The zero-order valence-electron chi connectivity index (χ0n) is 9.67. The summed E-state index contributed by atoms with van der Waals surface area (Å²) in [6.07, 6.45) is 0. The Bertz CT molecular complexity index is 340. The Labute approximate surface area is 92.3 Å². The number of benzene rings is 1. The summed E-state index contributed by atoms with van der Waals surface area (Å²) in [4.78, 5) is 0. The first-order chi connectivity index (χ1) is 7.29. The van der Waals surface area contributed by atoms with E-state index in [9.17, 15) is 17.6 Å². The van der Waals surface area contributed by atoms with Crippen molar-refractivity contribution in [3.8, 4) is 0 Å². The highest BCUT2D eigenvalue weighted by molar-refractivity contribution is 5.33. The van der Waals surface area contributed by atoms with Crippen LogP contribution in [0, 0.1) is 23.3 Å². The summed E-state index contributed by atoms with van der Waals surface area (Å²) in [5, 5.41) is 0. The Morgan fingerprint density at radius 3 is 0.875 bits per heavy atom. The zero-order valence-corrected chi connectivity index (χ0v) is 9.67. The van der Waals surface area contributed by atoms with Crippen LogP contribution in [0.25, 0.3) is 0 Å². The van der Waals surface area contributed by atoms with Crippen molar-refractivity contribution in [2.24, 2.45) is 0 Å². The standard InChI is InChI=1S/C12H14F4/c1-5(2)7-9(13)11(15)8(6(3)4)12(16)10(7)14/h5-6H,1-4H3. The second-order valence-electron chi connectivity index (χ2n) is 4.39. The van der Waals surface area contributed by atoms with Gasteiger partial charge >= 0.3 is 0 Å². The molecule has 90 valence electrons. The Balaban J connectivity index is 3.63. The summed E-state index contributed by atoms with van der Waals surface area (Å²) < 4.78 is 54.1. The molecule has 0 atom stereocenters. The van der Waals surface area contributed by atoms with Crippen molar-refractivity contribution in [2.75, 3.05) is 0 Å². The lowest BCUT2D eigenvalue weighted by Gasteiger charge is -2.15. The molecule has 0 unspecified atom stereocenters. The van der Waals surface area contributed by atoms with Crippen LogP contribution in [0.15, 0.2) is 0 Å². The van der Waals surface area contributed by atoms with E-state index in [4.69, 9.17) is 0 Å². The minimum Gasteiger partial charge on any atom is -0.203 e. The van der Waals surface area contributed by atoms with E-state index >= 15 is 0 Å². The van der Waals surface area contributed by atoms with Crippen LogP contribution in [0.5, 0.6) is 0 Å². The van der Waals surface area contributed by atoms with Crippen LogP contribution in [0.1, 0.15) is 50.7 Å². The zero-order chi connectivity index (χ0) is 12.6. The fourth-order valence-corrected chi connectivity index (χ4v) is 1.68. The molecule has 4 heteroatoms. The number of hydrogen-bond acceptors (Lipinski definition) is 0. The average molecular weight is 234 g/mol. The second-order valence-corrected chi connectivity index (χ2v) is 4.39. The van der Waals surface area contributed by atoms with Crippen molar-refractivity contribution in [1.29, 1.82) is 0 Å². The lowest BCUT2D eigenvalue weighted by Crippen LogP contribution is -2.10. The SMILES string of the molecule is CC(C)c1c(F)c(F)c(C(C)C)c(F)c1F. The molecule has 1 aromatic carbocycles. The van der Waals surface area contributed by atoms with Gasteiger partial charge in [0.1, 0.15) is 0 Å². The van der Waals surface area contributed by atoms with Crippen LogP contribution in [0.3, 0.4) is 0 Å². The lowest BCUT2D eigenvalue weighted by molar-refractivity contribution is 0.414. The van der Waals surface area contributed by atoms with Gasteiger partial charge in [-0.15, -0.1) is 0 Å². The topological polar surface area (TPSA) is 0 Å². The van der Waals surface area contributed by atoms with Gasteiger partial charge < -0.3 is 0 Å². The van der Waals surface area contributed by atoms with Crippen LogP contribution in [0.4, 0.5) is 17.6 Å². The molecule has 1 aromatic rings. The largest absolute Gasteiger partial charge is 0.203 e. The van der Waals surface area contributed by atoms with E-state index in [0.717, 1.165) is 0 Å². The number of halogens is 4. The van der Waals surface area contributed by atoms with Gasteiger partial charge in [-0.05, 0) is 11.8 Å². The molecule has 0 fully saturated rings. The minimum absolute atomic E-state index is 0.528. The van der Waals surface area contributed by atoms with Gasteiger partial charge in [-0.3, -0.25) is 0 Å². The second kappa shape index (κ2) is 4.44. The molecule has 1 rings (SSSR count). The predicted molar refractivity (Wildman–Crippen MR) is 54.5 cm³/mol. The molecule has 0 nitrogen and oxygen atoms in total. The van der Waals surface area contributed by atoms with Gasteiger partial charge in [0.15, 0.2) is 23.3 Å². The van der Waals surface area contributed by atoms with Crippen LogP contribution in [-0.2, 0) is 0 Å². The molecule has 0 spiro atoms. The van der Waals surface area contributed by atoms with E-state index < -0.39 is 46.2 Å². The van der Waals surface area contributed by atoms with Gasteiger partial charge in [0.05, 0.1) is 0 Å². The normalized spacial score (nSPS) is 11.6. The van der Waals surface area contributed by atoms with Crippen molar-refractivity contribution in [3.63, 3.8) is 0 Å². The third-order valence-corrected chi connectivity index (χ3v) is 2.49. The van der Waals surface area contributed by atoms with Crippen molar-refractivity contribution in [2.45, 2.75) is 39.5 Å². The van der Waals surface area contributed by atoms with Gasteiger partial charge in [-0.1, -0.05) is 27.7 Å². The highest BCUT2D eigenvalue weighted by atomic mass is 19.2. The van der Waals surface area contributed by atoms with Gasteiger partial charge in [0, 0.05) is 11.1 Å². The quantitative estimate of drug-likeness (QED) is 0.522. The third-order valence-electron chi connectivity index (χ3n) is 2.49. The molecular weight excluding hydrogens is 220 g/mol. The maximum absolute atomic E-state index is 13.5. The van der Waals surface area contributed by atoms with Crippen molar-refractivity contribution in [3.05, 3.63) is 34.4 Å². The average Bonchev–Trinajstić information content (AvgIpc) is 2.14. The van der Waals surface area contributed by atoms with Gasteiger partial charge in [-0.2, -0.15) is 0 Å². The molecular formula is C12H14F4. The van der Waals surface area contributed by atoms with Crippen LogP contribution >= 0.6 is 0 Å². The van der Waals surface area contributed by atoms with Crippen LogP contribution in [0.2, 0.25) is 0 Å². The van der Waals surface area contributed by atoms with Crippen LogP contribution in [-0.4, -0.2) is 0 Å². The molecule has 0 radical (unpaired) electrons. The fourth-order valence-electron chi connectivity index (χ4n) is 1.68. The van der Waals surface area contributed by atoms with Crippen molar-refractivity contribution < 1.29 is 17.6 Å². The lowest BCUT2D eigenvalue weighted by atomic mass is 9.94. The monoisotopic (exact) mass is 234 g/mol. The van der Waals surface area contributed by atoms with Gasteiger partial charge in [0.2, 0.25) is 0 Å². The van der Waals surface area contributed by atoms with Gasteiger partial charge in [0.25, 0.3) is 0 Å². The molecule has 0 heterocycles. The maximum atomic E-state index is 13.5. The summed E-state index contributed by atoms with van der Waals surface area (Å²) in [6, 6.07) is 0. The molecule has 0 saturated carbocycles. The summed E-state index contributed by atoms with van der Waals surface area (Å²) in [6.45, 7) is 5.93. The first-order valence-corrected chi connectivity index (χ1v) is 5.14. The van der Waals surface area contributed by atoms with E-state index in [2.05, 4.69) is 0 Å². The molecule has 0 N–H and O–H groups in total.